The molecule has 0 rings (SSSR count). The Morgan fingerprint density at radius 1 is 1.40 bits per heavy atom. The van der Waals surface area contributed by atoms with E-state index in [9.17, 15) is 4.79 Å². The zero-order chi connectivity index (χ0) is 11.7. The summed E-state index contributed by atoms with van der Waals surface area (Å²) in [5.41, 5.74) is 0. The van der Waals surface area contributed by atoms with E-state index in [0.717, 1.165) is 0 Å². The Balaban J connectivity index is 3.77. The third kappa shape index (κ3) is 6.51. The van der Waals surface area contributed by atoms with Gasteiger partial charge in [-0.15, -0.1) is 0 Å². The van der Waals surface area contributed by atoms with Crippen molar-refractivity contribution in [2.24, 2.45) is 11.8 Å². The van der Waals surface area contributed by atoms with Crippen molar-refractivity contribution < 1.29 is 9.53 Å². The van der Waals surface area contributed by atoms with Crippen molar-refractivity contribution in [1.82, 2.24) is 0 Å². The van der Waals surface area contributed by atoms with Crippen LogP contribution in [0.1, 0.15) is 33.1 Å². The van der Waals surface area contributed by atoms with Crippen molar-refractivity contribution in [2.45, 2.75) is 33.1 Å². The molecule has 0 aromatic heterocycles. The van der Waals surface area contributed by atoms with Crippen LogP contribution in [0.25, 0.3) is 0 Å². The van der Waals surface area contributed by atoms with E-state index in [-0.39, 0.29) is 24.4 Å². The van der Waals surface area contributed by atoms with Gasteiger partial charge in [0.05, 0.1) is 24.0 Å². The number of rotatable bonds is 6. The third-order valence-electron chi connectivity index (χ3n) is 1.92. The predicted octanol–water partition coefficient (Wildman–Crippen LogP) is 2.02. The molecule has 0 amide bonds. The second-order valence-electron chi connectivity index (χ2n) is 3.66. The van der Waals surface area contributed by atoms with Crippen molar-refractivity contribution in [3.05, 3.63) is 0 Å². The fourth-order valence-electron chi connectivity index (χ4n) is 0.962. The SMILES string of the molecule is CC(C)C(=O)OCC(C#N)CCCC#N. The molecule has 0 heterocycles. The summed E-state index contributed by atoms with van der Waals surface area (Å²) >= 11 is 0. The Hall–Kier alpha value is -1.55. The molecule has 1 unspecified atom stereocenters. The smallest absolute Gasteiger partial charge is 0.308 e. The van der Waals surface area contributed by atoms with Gasteiger partial charge in [0.2, 0.25) is 0 Å². The standard InChI is InChI=1S/C11H16N2O2/c1-9(2)11(14)15-8-10(7-13)5-3-4-6-12/h9-10H,3-5,8H2,1-2H3. The maximum atomic E-state index is 11.1. The Bertz CT molecular complexity index is 273. The number of nitriles is 2. The van der Waals surface area contributed by atoms with Gasteiger partial charge >= 0.3 is 5.97 Å². The van der Waals surface area contributed by atoms with Crippen LogP contribution in [-0.2, 0) is 9.53 Å². The minimum Gasteiger partial charge on any atom is -0.464 e. The molecule has 15 heavy (non-hydrogen) atoms. The van der Waals surface area contributed by atoms with Crippen molar-refractivity contribution in [3.8, 4) is 12.1 Å². The van der Waals surface area contributed by atoms with Gasteiger partial charge in [-0.2, -0.15) is 10.5 Å². The summed E-state index contributed by atoms with van der Waals surface area (Å²) in [7, 11) is 0. The van der Waals surface area contributed by atoms with E-state index in [1.807, 2.05) is 6.07 Å². The van der Waals surface area contributed by atoms with Crippen molar-refractivity contribution in [1.29, 1.82) is 10.5 Å². The number of hydrogen-bond acceptors (Lipinski definition) is 4. The molecule has 4 nitrogen and oxygen atoms in total. The highest BCUT2D eigenvalue weighted by Gasteiger charge is 2.13. The first kappa shape index (κ1) is 13.4. The molecule has 0 aliphatic heterocycles. The number of ether oxygens (including phenoxy) is 1. The largest absolute Gasteiger partial charge is 0.464 e. The van der Waals surface area contributed by atoms with Crippen LogP contribution in [0.5, 0.6) is 0 Å². The Labute approximate surface area is 90.4 Å². The first-order valence-electron chi connectivity index (χ1n) is 5.05. The van der Waals surface area contributed by atoms with Crippen molar-refractivity contribution in [3.63, 3.8) is 0 Å². The number of nitrogens with zero attached hydrogens (tertiary/aromatic N) is 2. The van der Waals surface area contributed by atoms with Gasteiger partial charge in [-0.3, -0.25) is 4.79 Å². The molecular formula is C11H16N2O2. The summed E-state index contributed by atoms with van der Waals surface area (Å²) in [6, 6.07) is 4.08. The van der Waals surface area contributed by atoms with Crippen LogP contribution < -0.4 is 0 Å². The molecular weight excluding hydrogens is 192 g/mol. The molecule has 0 bridgehead atoms. The van der Waals surface area contributed by atoms with Gasteiger partial charge in [0, 0.05) is 6.42 Å². The minimum atomic E-state index is -0.291. The maximum Gasteiger partial charge on any atom is 0.308 e. The van der Waals surface area contributed by atoms with Gasteiger partial charge < -0.3 is 4.74 Å². The second-order valence-corrected chi connectivity index (χ2v) is 3.66. The average Bonchev–Trinajstić information content (AvgIpc) is 2.22. The average molecular weight is 208 g/mol. The van der Waals surface area contributed by atoms with Crippen LogP contribution in [0.15, 0.2) is 0 Å². The number of carbonyl (C=O) groups excluding carboxylic acids is 1. The summed E-state index contributed by atoms with van der Waals surface area (Å²) in [4.78, 5) is 11.1. The summed E-state index contributed by atoms with van der Waals surface area (Å²) in [5, 5.41) is 17.1. The number of unbranched alkanes of at least 4 members (excludes halogenated alkanes) is 1. The van der Waals surface area contributed by atoms with Gasteiger partial charge in [-0.05, 0) is 12.8 Å². The van der Waals surface area contributed by atoms with Gasteiger partial charge in [0.25, 0.3) is 0 Å². The molecule has 0 aliphatic carbocycles. The molecule has 0 aromatic rings. The van der Waals surface area contributed by atoms with Gasteiger partial charge in [0.15, 0.2) is 0 Å². The van der Waals surface area contributed by atoms with Gasteiger partial charge in [0.1, 0.15) is 6.61 Å². The topological polar surface area (TPSA) is 73.9 Å². The highest BCUT2D eigenvalue weighted by atomic mass is 16.5. The molecule has 0 N–H and O–H groups in total. The van der Waals surface area contributed by atoms with E-state index < -0.39 is 0 Å². The first-order valence-corrected chi connectivity index (χ1v) is 5.05. The van der Waals surface area contributed by atoms with Crippen molar-refractivity contribution in [2.75, 3.05) is 6.61 Å². The number of carbonyl (C=O) groups is 1. The fraction of sp³-hybridized carbons (Fsp3) is 0.727. The van der Waals surface area contributed by atoms with E-state index in [4.69, 9.17) is 15.3 Å². The normalized spacial score (nSPS) is 11.5. The summed E-state index contributed by atoms with van der Waals surface area (Å²) < 4.78 is 4.94. The fourth-order valence-corrected chi connectivity index (χ4v) is 0.962. The van der Waals surface area contributed by atoms with E-state index >= 15 is 0 Å². The number of esters is 1. The van der Waals surface area contributed by atoms with E-state index in [0.29, 0.717) is 19.3 Å². The maximum absolute atomic E-state index is 11.1. The molecule has 0 aliphatic rings. The molecule has 0 saturated heterocycles. The van der Waals surface area contributed by atoms with Crippen LogP contribution in [0, 0.1) is 34.5 Å². The molecule has 0 radical (unpaired) electrons. The zero-order valence-electron chi connectivity index (χ0n) is 9.19. The molecule has 0 fully saturated rings. The summed E-state index contributed by atoms with van der Waals surface area (Å²) in [6.45, 7) is 3.64. The lowest BCUT2D eigenvalue weighted by Crippen LogP contribution is -2.17. The highest BCUT2D eigenvalue weighted by Crippen LogP contribution is 2.09. The van der Waals surface area contributed by atoms with Crippen LogP contribution in [0.3, 0.4) is 0 Å². The van der Waals surface area contributed by atoms with Crippen LogP contribution in [0.2, 0.25) is 0 Å². The molecule has 0 spiro atoms. The Morgan fingerprint density at radius 2 is 2.07 bits per heavy atom. The van der Waals surface area contributed by atoms with Crippen molar-refractivity contribution >= 4 is 5.97 Å². The van der Waals surface area contributed by atoms with Crippen LogP contribution >= 0.6 is 0 Å². The lowest BCUT2D eigenvalue weighted by atomic mass is 10.1. The van der Waals surface area contributed by atoms with E-state index in [2.05, 4.69) is 6.07 Å². The Kier molecular flexibility index (Phi) is 7.01. The summed E-state index contributed by atoms with van der Waals surface area (Å²) in [5.74, 6) is -0.736. The second kappa shape index (κ2) is 7.82. The molecule has 0 saturated carbocycles. The van der Waals surface area contributed by atoms with Gasteiger partial charge in [-0.25, -0.2) is 0 Å². The lowest BCUT2D eigenvalue weighted by Gasteiger charge is -2.10. The van der Waals surface area contributed by atoms with Crippen LogP contribution in [-0.4, -0.2) is 12.6 Å². The van der Waals surface area contributed by atoms with E-state index in [1.165, 1.54) is 0 Å². The first-order chi connectivity index (χ1) is 7.11. The van der Waals surface area contributed by atoms with E-state index in [1.54, 1.807) is 13.8 Å². The Morgan fingerprint density at radius 3 is 2.53 bits per heavy atom. The molecule has 82 valence electrons. The quantitative estimate of drug-likeness (QED) is 0.494. The monoisotopic (exact) mass is 208 g/mol. The lowest BCUT2D eigenvalue weighted by molar-refractivity contribution is -0.148. The molecule has 4 heteroatoms. The highest BCUT2D eigenvalue weighted by molar-refractivity contribution is 5.71. The molecule has 0 aromatic carbocycles. The van der Waals surface area contributed by atoms with Gasteiger partial charge in [-0.1, -0.05) is 13.8 Å². The number of hydrogen-bond donors (Lipinski definition) is 0. The van der Waals surface area contributed by atoms with Crippen LogP contribution in [0.4, 0.5) is 0 Å². The third-order valence-corrected chi connectivity index (χ3v) is 1.92. The summed E-state index contributed by atoms with van der Waals surface area (Å²) in [6.07, 6.45) is 1.72. The minimum absolute atomic E-state index is 0.138. The predicted molar refractivity (Wildman–Crippen MR) is 54.4 cm³/mol. The zero-order valence-corrected chi connectivity index (χ0v) is 9.19. The molecule has 1 atom stereocenters.